The van der Waals surface area contributed by atoms with E-state index in [4.69, 9.17) is 10.5 Å². The molecule has 0 saturated carbocycles. The number of benzene rings is 1. The number of hydrogen-bond donors (Lipinski definition) is 2. The summed E-state index contributed by atoms with van der Waals surface area (Å²) in [5.41, 5.74) is 10.7. The van der Waals surface area contributed by atoms with E-state index in [-0.39, 0.29) is 17.3 Å². The standard InChI is InChI=1S/C20H19N9O3/c1-3-31-15-6-4-14(5-7-15)17-16(24-28-29(17)19-18(21)26-32-27-19)20(30)25-23-12(2)13-8-10-22-11-9-13/h4-11H,3H2,1-2H3,(H2,21,26)(H,25,30). The molecule has 1 amide bonds. The second-order valence-corrected chi connectivity index (χ2v) is 6.50. The molecule has 12 heteroatoms. The van der Waals surface area contributed by atoms with Crippen LogP contribution in [0.3, 0.4) is 0 Å². The lowest BCUT2D eigenvalue weighted by molar-refractivity contribution is 0.0950. The van der Waals surface area contributed by atoms with Gasteiger partial charge in [0.25, 0.3) is 5.91 Å². The molecule has 3 heterocycles. The van der Waals surface area contributed by atoms with Gasteiger partial charge in [-0.25, -0.2) is 10.1 Å². The number of nitrogens with one attached hydrogen (secondary N) is 1. The second-order valence-electron chi connectivity index (χ2n) is 6.50. The van der Waals surface area contributed by atoms with Crippen molar-refractivity contribution in [1.82, 2.24) is 35.7 Å². The topological polar surface area (TPSA) is 159 Å². The fraction of sp³-hybridized carbons (Fsp3) is 0.150. The zero-order valence-electron chi connectivity index (χ0n) is 17.3. The molecule has 0 fully saturated rings. The van der Waals surface area contributed by atoms with Crippen molar-refractivity contribution in [3.8, 4) is 22.8 Å². The number of ether oxygens (including phenoxy) is 1. The van der Waals surface area contributed by atoms with Crippen LogP contribution in [-0.4, -0.2) is 48.5 Å². The van der Waals surface area contributed by atoms with Gasteiger partial charge in [-0.2, -0.15) is 9.78 Å². The van der Waals surface area contributed by atoms with Crippen LogP contribution in [0.4, 0.5) is 5.82 Å². The highest BCUT2D eigenvalue weighted by molar-refractivity contribution is 6.02. The molecule has 0 aliphatic heterocycles. The van der Waals surface area contributed by atoms with E-state index in [0.717, 1.165) is 5.56 Å². The van der Waals surface area contributed by atoms with E-state index in [1.807, 2.05) is 6.92 Å². The quantitative estimate of drug-likeness (QED) is 0.327. The Morgan fingerprint density at radius 1 is 1.19 bits per heavy atom. The molecule has 0 atom stereocenters. The number of carbonyl (C=O) groups excluding carboxylic acids is 1. The van der Waals surface area contributed by atoms with Gasteiger partial charge in [0.05, 0.1) is 12.3 Å². The van der Waals surface area contributed by atoms with Crippen molar-refractivity contribution in [1.29, 1.82) is 0 Å². The fourth-order valence-electron chi connectivity index (χ4n) is 2.90. The highest BCUT2D eigenvalue weighted by Crippen LogP contribution is 2.28. The number of nitrogens with two attached hydrogens (primary N) is 1. The molecule has 12 nitrogen and oxygen atoms in total. The Morgan fingerprint density at radius 3 is 2.59 bits per heavy atom. The molecule has 0 unspecified atom stereocenters. The minimum atomic E-state index is -0.566. The lowest BCUT2D eigenvalue weighted by atomic mass is 10.1. The molecule has 0 saturated heterocycles. The first kappa shape index (κ1) is 20.7. The van der Waals surface area contributed by atoms with Crippen LogP contribution in [0.1, 0.15) is 29.9 Å². The van der Waals surface area contributed by atoms with Crippen LogP contribution >= 0.6 is 0 Å². The molecule has 4 rings (SSSR count). The summed E-state index contributed by atoms with van der Waals surface area (Å²) in [7, 11) is 0. The highest BCUT2D eigenvalue weighted by Gasteiger charge is 2.25. The van der Waals surface area contributed by atoms with E-state index in [0.29, 0.717) is 29.3 Å². The van der Waals surface area contributed by atoms with Crippen LogP contribution in [-0.2, 0) is 0 Å². The van der Waals surface area contributed by atoms with Gasteiger partial charge >= 0.3 is 0 Å². The molecule has 1 aromatic carbocycles. The average Bonchev–Trinajstić information content (AvgIpc) is 3.44. The normalized spacial score (nSPS) is 11.4. The Kier molecular flexibility index (Phi) is 5.83. The maximum absolute atomic E-state index is 13.0. The van der Waals surface area contributed by atoms with Crippen LogP contribution in [0.5, 0.6) is 5.75 Å². The number of hydrazone groups is 1. The maximum atomic E-state index is 13.0. The number of anilines is 1. The number of carbonyl (C=O) groups is 1. The third-order valence-corrected chi connectivity index (χ3v) is 4.44. The number of nitrogens with zero attached hydrogens (tertiary/aromatic N) is 7. The number of amides is 1. The third kappa shape index (κ3) is 4.14. The van der Waals surface area contributed by atoms with Crippen molar-refractivity contribution in [2.24, 2.45) is 5.10 Å². The predicted molar refractivity (Wildman–Crippen MR) is 114 cm³/mol. The van der Waals surface area contributed by atoms with Gasteiger partial charge in [-0.3, -0.25) is 9.78 Å². The Balaban J connectivity index is 1.71. The maximum Gasteiger partial charge on any atom is 0.294 e. The zero-order chi connectivity index (χ0) is 22.5. The zero-order valence-corrected chi connectivity index (χ0v) is 17.3. The van der Waals surface area contributed by atoms with Crippen LogP contribution < -0.4 is 15.9 Å². The van der Waals surface area contributed by atoms with Gasteiger partial charge in [0.1, 0.15) is 11.4 Å². The van der Waals surface area contributed by atoms with Crippen LogP contribution in [0.15, 0.2) is 58.5 Å². The lowest BCUT2D eigenvalue weighted by Crippen LogP contribution is -2.21. The minimum Gasteiger partial charge on any atom is -0.494 e. The smallest absolute Gasteiger partial charge is 0.294 e. The third-order valence-electron chi connectivity index (χ3n) is 4.44. The van der Waals surface area contributed by atoms with Crippen LogP contribution in [0, 0.1) is 0 Å². The molecule has 32 heavy (non-hydrogen) atoms. The van der Waals surface area contributed by atoms with Gasteiger partial charge in [0, 0.05) is 23.5 Å². The largest absolute Gasteiger partial charge is 0.494 e. The highest BCUT2D eigenvalue weighted by atomic mass is 16.6. The summed E-state index contributed by atoms with van der Waals surface area (Å²) in [6.45, 7) is 4.19. The first-order valence-electron chi connectivity index (χ1n) is 9.60. The molecule has 162 valence electrons. The summed E-state index contributed by atoms with van der Waals surface area (Å²) >= 11 is 0. The van der Waals surface area contributed by atoms with Gasteiger partial charge in [-0.15, -0.1) is 5.10 Å². The van der Waals surface area contributed by atoms with Crippen molar-refractivity contribution < 1.29 is 14.2 Å². The second kappa shape index (κ2) is 9.04. The van der Waals surface area contributed by atoms with Gasteiger partial charge < -0.3 is 10.5 Å². The van der Waals surface area contributed by atoms with Crippen molar-refractivity contribution in [3.05, 3.63) is 60.0 Å². The molecule has 0 spiro atoms. The van der Waals surface area contributed by atoms with E-state index in [2.05, 4.69) is 40.8 Å². The fourth-order valence-corrected chi connectivity index (χ4v) is 2.90. The van der Waals surface area contributed by atoms with E-state index >= 15 is 0 Å². The average molecular weight is 433 g/mol. The van der Waals surface area contributed by atoms with Crippen molar-refractivity contribution >= 4 is 17.4 Å². The Hall–Kier alpha value is -4.61. The monoisotopic (exact) mass is 433 g/mol. The Morgan fingerprint density at radius 2 is 1.94 bits per heavy atom. The van der Waals surface area contributed by atoms with E-state index in [9.17, 15) is 4.79 Å². The Labute approximate surface area is 182 Å². The van der Waals surface area contributed by atoms with E-state index < -0.39 is 5.91 Å². The summed E-state index contributed by atoms with van der Waals surface area (Å²) in [6, 6.07) is 10.7. The minimum absolute atomic E-state index is 0.000553. The van der Waals surface area contributed by atoms with Gasteiger partial charge in [-0.05, 0) is 60.6 Å². The lowest BCUT2D eigenvalue weighted by Gasteiger charge is -2.08. The summed E-state index contributed by atoms with van der Waals surface area (Å²) in [4.78, 5) is 16.9. The number of rotatable bonds is 7. The van der Waals surface area contributed by atoms with Crippen molar-refractivity contribution in [2.75, 3.05) is 12.3 Å². The van der Waals surface area contributed by atoms with Crippen molar-refractivity contribution in [3.63, 3.8) is 0 Å². The summed E-state index contributed by atoms with van der Waals surface area (Å²) in [6.07, 6.45) is 3.28. The molecule has 0 radical (unpaired) electrons. The predicted octanol–water partition coefficient (Wildman–Crippen LogP) is 1.85. The SMILES string of the molecule is CCOc1ccc(-c2c(C(=O)NN=C(C)c3ccncc3)nnn2-c2nonc2N)cc1. The molecule has 0 aliphatic rings. The number of hydrogen-bond acceptors (Lipinski definition) is 10. The molecule has 3 N–H and O–H groups in total. The van der Waals surface area contributed by atoms with Crippen LogP contribution in [0.25, 0.3) is 17.1 Å². The number of aromatic nitrogens is 6. The summed E-state index contributed by atoms with van der Waals surface area (Å²) < 4.78 is 11.5. The van der Waals surface area contributed by atoms with Gasteiger partial charge in [-0.1, -0.05) is 5.21 Å². The first-order valence-corrected chi connectivity index (χ1v) is 9.60. The van der Waals surface area contributed by atoms with Crippen LogP contribution in [0.2, 0.25) is 0 Å². The molecule has 0 aliphatic carbocycles. The molecular weight excluding hydrogens is 414 g/mol. The number of pyridine rings is 1. The van der Waals surface area contributed by atoms with E-state index in [1.165, 1.54) is 4.68 Å². The molecule has 0 bridgehead atoms. The van der Waals surface area contributed by atoms with E-state index in [1.54, 1.807) is 55.7 Å². The number of nitrogen functional groups attached to an aromatic ring is 1. The first-order chi connectivity index (χ1) is 15.6. The molecular formula is C20H19N9O3. The summed E-state index contributed by atoms with van der Waals surface area (Å²) in [5, 5.41) is 19.5. The molecule has 3 aromatic heterocycles. The molecule has 4 aromatic rings. The van der Waals surface area contributed by atoms with Gasteiger partial charge in [0.2, 0.25) is 11.6 Å². The van der Waals surface area contributed by atoms with Crippen molar-refractivity contribution in [2.45, 2.75) is 13.8 Å². The Bertz CT molecular complexity index is 1250. The van der Waals surface area contributed by atoms with Gasteiger partial charge in [0.15, 0.2) is 5.69 Å². The summed E-state index contributed by atoms with van der Waals surface area (Å²) in [5.74, 6) is 0.225.